The summed E-state index contributed by atoms with van der Waals surface area (Å²) in [6, 6.07) is 5.73. The maximum absolute atomic E-state index is 12.1. The lowest BCUT2D eigenvalue weighted by molar-refractivity contribution is -0.274. The van der Waals surface area contributed by atoms with Gasteiger partial charge in [0.2, 0.25) is 0 Å². The third-order valence-corrected chi connectivity index (χ3v) is 4.41. The van der Waals surface area contributed by atoms with Crippen LogP contribution in [0.3, 0.4) is 0 Å². The van der Waals surface area contributed by atoms with Crippen molar-refractivity contribution < 1.29 is 23.0 Å². The molecule has 0 saturated heterocycles. The van der Waals surface area contributed by atoms with Gasteiger partial charge in [-0.1, -0.05) is 32.4 Å². The average Bonchev–Trinajstić information content (AvgIpc) is 2.69. The molecule has 0 bridgehead atoms. The summed E-state index contributed by atoms with van der Waals surface area (Å²) in [5.41, 5.74) is 0.943. The van der Waals surface area contributed by atoms with Gasteiger partial charge in [0.25, 0.3) is 0 Å². The molecule has 2 unspecified atom stereocenters. The highest BCUT2D eigenvalue weighted by atomic mass is 19.4. The van der Waals surface area contributed by atoms with Crippen LogP contribution in [0.1, 0.15) is 38.7 Å². The molecule has 5 heteroatoms. The summed E-state index contributed by atoms with van der Waals surface area (Å²) in [6.07, 6.45) is -1.45. The van der Waals surface area contributed by atoms with Gasteiger partial charge in [-0.2, -0.15) is 0 Å². The first-order valence-corrected chi connectivity index (χ1v) is 7.20. The van der Waals surface area contributed by atoms with Crippen molar-refractivity contribution in [2.75, 3.05) is 0 Å². The van der Waals surface area contributed by atoms with E-state index >= 15 is 0 Å². The number of aliphatic hydroxyl groups is 1. The van der Waals surface area contributed by atoms with Gasteiger partial charge >= 0.3 is 6.36 Å². The minimum atomic E-state index is -4.67. The predicted molar refractivity (Wildman–Crippen MR) is 74.0 cm³/mol. The van der Waals surface area contributed by atoms with Gasteiger partial charge < -0.3 is 9.84 Å². The van der Waals surface area contributed by atoms with Gasteiger partial charge in [0.15, 0.2) is 0 Å². The molecular formula is C16H21F3O2. The van der Waals surface area contributed by atoms with Crippen molar-refractivity contribution in [1.29, 1.82) is 0 Å². The Bertz CT molecular complexity index is 465. The summed E-state index contributed by atoms with van der Waals surface area (Å²) >= 11 is 0. The van der Waals surface area contributed by atoms with Gasteiger partial charge in [0.1, 0.15) is 5.75 Å². The lowest BCUT2D eigenvalue weighted by Gasteiger charge is -2.31. The predicted octanol–water partition coefficient (Wildman–Crippen LogP) is 4.31. The van der Waals surface area contributed by atoms with Gasteiger partial charge in [0, 0.05) is 0 Å². The zero-order valence-corrected chi connectivity index (χ0v) is 12.3. The summed E-state index contributed by atoms with van der Waals surface area (Å²) in [4.78, 5) is 0. The fourth-order valence-corrected chi connectivity index (χ4v) is 3.28. The lowest BCUT2D eigenvalue weighted by atomic mass is 9.77. The molecule has 2 atom stereocenters. The minimum absolute atomic E-state index is 0.124. The maximum Gasteiger partial charge on any atom is 0.573 e. The monoisotopic (exact) mass is 302 g/mol. The Morgan fingerprint density at radius 3 is 2.38 bits per heavy atom. The molecule has 1 aliphatic carbocycles. The second-order valence-electron chi connectivity index (χ2n) is 6.45. The molecule has 1 aromatic carbocycles. The van der Waals surface area contributed by atoms with Gasteiger partial charge in [-0.25, -0.2) is 0 Å². The molecule has 1 aliphatic rings. The van der Waals surface area contributed by atoms with Crippen molar-refractivity contribution in [3.63, 3.8) is 0 Å². The van der Waals surface area contributed by atoms with E-state index in [0.29, 0.717) is 6.42 Å². The van der Waals surface area contributed by atoms with Gasteiger partial charge in [0.05, 0.1) is 6.10 Å². The van der Waals surface area contributed by atoms with Crippen LogP contribution >= 0.6 is 0 Å². The van der Waals surface area contributed by atoms with Crippen molar-refractivity contribution >= 4 is 0 Å². The molecular weight excluding hydrogens is 281 g/mol. The Balaban J connectivity index is 1.97. The first kappa shape index (κ1) is 16.1. The summed E-state index contributed by atoms with van der Waals surface area (Å²) in [5, 5.41) is 10.4. The van der Waals surface area contributed by atoms with Crippen LogP contribution in [0, 0.1) is 11.3 Å². The molecule has 0 amide bonds. The van der Waals surface area contributed by atoms with E-state index in [9.17, 15) is 18.3 Å². The zero-order valence-electron chi connectivity index (χ0n) is 12.3. The van der Waals surface area contributed by atoms with Gasteiger partial charge in [-0.15, -0.1) is 13.2 Å². The molecule has 1 aromatic rings. The van der Waals surface area contributed by atoms with Gasteiger partial charge in [-0.05, 0) is 48.3 Å². The van der Waals surface area contributed by atoms with Crippen LogP contribution in [0.4, 0.5) is 13.2 Å². The number of hydrogen-bond acceptors (Lipinski definition) is 2. The third kappa shape index (κ3) is 4.37. The second kappa shape index (κ2) is 5.87. The normalized spacial score (nSPS) is 23.0. The Hall–Kier alpha value is -1.23. The van der Waals surface area contributed by atoms with Crippen LogP contribution in [0.25, 0.3) is 0 Å². The standard InChI is InChI=1S/C16H21F3O2/c1-15(2)9-3-4-13(15)14(20)10-11-5-7-12(8-6-11)21-16(17,18)19/h5-8,13-14,20H,3-4,9-10H2,1-2H3. The smallest absolute Gasteiger partial charge is 0.406 e. The first-order valence-electron chi connectivity index (χ1n) is 7.20. The van der Waals surface area contributed by atoms with Crippen LogP contribution in [0.2, 0.25) is 0 Å². The fraction of sp³-hybridized carbons (Fsp3) is 0.625. The van der Waals surface area contributed by atoms with E-state index in [4.69, 9.17) is 0 Å². The van der Waals surface area contributed by atoms with E-state index in [1.54, 1.807) is 12.1 Å². The molecule has 1 fully saturated rings. The largest absolute Gasteiger partial charge is 0.573 e. The molecule has 0 spiro atoms. The number of benzene rings is 1. The molecule has 1 N–H and O–H groups in total. The van der Waals surface area contributed by atoms with E-state index < -0.39 is 12.5 Å². The SMILES string of the molecule is CC1(C)CCCC1C(O)Cc1ccc(OC(F)(F)F)cc1. The number of aliphatic hydroxyl groups excluding tert-OH is 1. The quantitative estimate of drug-likeness (QED) is 0.898. The lowest BCUT2D eigenvalue weighted by Crippen LogP contribution is -2.31. The molecule has 2 nitrogen and oxygen atoms in total. The van der Waals surface area contributed by atoms with E-state index in [0.717, 1.165) is 24.8 Å². The molecule has 0 heterocycles. The van der Waals surface area contributed by atoms with Crippen molar-refractivity contribution in [3.8, 4) is 5.75 Å². The van der Waals surface area contributed by atoms with E-state index in [1.807, 2.05) is 0 Å². The molecule has 0 radical (unpaired) electrons. The van der Waals surface area contributed by atoms with E-state index in [2.05, 4.69) is 18.6 Å². The highest BCUT2D eigenvalue weighted by Crippen LogP contribution is 2.44. The van der Waals surface area contributed by atoms with Crippen LogP contribution in [0.15, 0.2) is 24.3 Å². The summed E-state index contributed by atoms with van der Waals surface area (Å²) in [7, 11) is 0. The Labute approximate surface area is 122 Å². The van der Waals surface area contributed by atoms with E-state index in [1.165, 1.54) is 12.1 Å². The number of halogens is 3. The van der Waals surface area contributed by atoms with Crippen molar-refractivity contribution in [2.24, 2.45) is 11.3 Å². The summed E-state index contributed by atoms with van der Waals surface area (Å²) in [6.45, 7) is 4.32. The minimum Gasteiger partial charge on any atom is -0.406 e. The molecule has 2 rings (SSSR count). The van der Waals surface area contributed by atoms with Gasteiger partial charge in [-0.3, -0.25) is 0 Å². The third-order valence-electron chi connectivity index (χ3n) is 4.41. The Morgan fingerprint density at radius 2 is 1.90 bits per heavy atom. The Kier molecular flexibility index (Phi) is 4.51. The van der Waals surface area contributed by atoms with Crippen LogP contribution in [0.5, 0.6) is 5.75 Å². The van der Waals surface area contributed by atoms with Crippen LogP contribution in [-0.2, 0) is 6.42 Å². The zero-order chi connectivity index (χ0) is 15.7. The number of rotatable bonds is 4. The number of hydrogen-bond donors (Lipinski definition) is 1. The van der Waals surface area contributed by atoms with Crippen molar-refractivity contribution in [2.45, 2.75) is 52.0 Å². The maximum atomic E-state index is 12.1. The van der Waals surface area contributed by atoms with E-state index in [-0.39, 0.29) is 17.1 Å². The topological polar surface area (TPSA) is 29.5 Å². The highest BCUT2D eigenvalue weighted by Gasteiger charge is 2.38. The highest BCUT2D eigenvalue weighted by molar-refractivity contribution is 5.28. The molecule has 118 valence electrons. The van der Waals surface area contributed by atoms with Crippen molar-refractivity contribution in [1.82, 2.24) is 0 Å². The molecule has 0 aliphatic heterocycles. The molecule has 1 saturated carbocycles. The van der Waals surface area contributed by atoms with Crippen LogP contribution < -0.4 is 4.74 Å². The fourth-order valence-electron chi connectivity index (χ4n) is 3.28. The average molecular weight is 302 g/mol. The summed E-state index contributed by atoms with van der Waals surface area (Å²) in [5.74, 6) is 0.00513. The molecule has 21 heavy (non-hydrogen) atoms. The first-order chi connectivity index (χ1) is 9.67. The summed E-state index contributed by atoms with van der Waals surface area (Å²) < 4.78 is 40.1. The second-order valence-corrected chi connectivity index (χ2v) is 6.45. The molecule has 0 aromatic heterocycles. The van der Waals surface area contributed by atoms with Crippen LogP contribution in [-0.4, -0.2) is 17.6 Å². The van der Waals surface area contributed by atoms with Crippen molar-refractivity contribution in [3.05, 3.63) is 29.8 Å². The Morgan fingerprint density at radius 1 is 1.29 bits per heavy atom. The number of ether oxygens (including phenoxy) is 1. The number of alkyl halides is 3.